The topological polar surface area (TPSA) is 64.7 Å². The van der Waals surface area contributed by atoms with Crippen LogP contribution in [-0.2, 0) is 0 Å². The maximum Gasteiger partial charge on any atom is 0.133 e. The zero-order chi connectivity index (χ0) is 15.2. The maximum atomic E-state index is 9.88. The molecule has 4 nitrogen and oxygen atoms in total. The van der Waals surface area contributed by atoms with Crippen molar-refractivity contribution >= 4 is 21.6 Å². The Morgan fingerprint density at radius 1 is 1.10 bits per heavy atom. The Morgan fingerprint density at radius 2 is 1.76 bits per heavy atom. The average Bonchev–Trinajstić information content (AvgIpc) is 2.46. The van der Waals surface area contributed by atoms with Gasteiger partial charge in [-0.1, -0.05) is 6.07 Å². The summed E-state index contributed by atoms with van der Waals surface area (Å²) in [6.07, 6.45) is -0.712. The van der Waals surface area contributed by atoms with E-state index in [0.717, 1.165) is 10.0 Å². The highest BCUT2D eigenvalue weighted by Crippen LogP contribution is 2.25. The zero-order valence-corrected chi connectivity index (χ0v) is 13.3. The number of anilines is 1. The van der Waals surface area contributed by atoms with Gasteiger partial charge in [0.15, 0.2) is 0 Å². The van der Waals surface area contributed by atoms with Gasteiger partial charge in [0.05, 0.1) is 4.47 Å². The number of aliphatic hydroxyl groups is 1. The van der Waals surface area contributed by atoms with Crippen molar-refractivity contribution in [2.24, 2.45) is 0 Å². The molecule has 0 heterocycles. The molecule has 2 rings (SSSR count). The van der Waals surface area contributed by atoms with Crippen molar-refractivity contribution in [3.8, 4) is 11.5 Å². The Kier molecular flexibility index (Phi) is 5.47. The van der Waals surface area contributed by atoms with E-state index in [0.29, 0.717) is 17.2 Å². The number of aliphatic hydroxyl groups excluding tert-OH is 1. The number of nitrogen functional groups attached to an aromatic ring is 1. The summed E-state index contributed by atoms with van der Waals surface area (Å²) < 4.78 is 11.9. The van der Waals surface area contributed by atoms with Crippen LogP contribution < -0.4 is 15.2 Å². The molecule has 0 aromatic heterocycles. The van der Waals surface area contributed by atoms with Crippen molar-refractivity contribution in [3.05, 3.63) is 52.5 Å². The minimum atomic E-state index is -0.712. The lowest BCUT2D eigenvalue weighted by Gasteiger charge is -2.14. The van der Waals surface area contributed by atoms with E-state index in [1.807, 2.05) is 25.1 Å². The van der Waals surface area contributed by atoms with Gasteiger partial charge in [-0.15, -0.1) is 0 Å². The van der Waals surface area contributed by atoms with Gasteiger partial charge in [-0.25, -0.2) is 0 Å². The Labute approximate surface area is 132 Å². The number of aryl methyl sites for hydroxylation is 1. The van der Waals surface area contributed by atoms with Crippen LogP contribution in [0.1, 0.15) is 5.56 Å². The first-order chi connectivity index (χ1) is 10.0. The summed E-state index contributed by atoms with van der Waals surface area (Å²) in [6.45, 7) is 2.33. The molecule has 21 heavy (non-hydrogen) atoms. The number of nitrogens with two attached hydrogens (primary N) is 1. The number of halogens is 1. The number of benzene rings is 2. The minimum absolute atomic E-state index is 0.160. The molecule has 2 aromatic rings. The van der Waals surface area contributed by atoms with Gasteiger partial charge in [-0.3, -0.25) is 0 Å². The summed E-state index contributed by atoms with van der Waals surface area (Å²) in [6, 6.07) is 12.8. The predicted octanol–water partition coefficient (Wildman–Crippen LogP) is 3.16. The number of ether oxygens (including phenoxy) is 2. The molecule has 0 aliphatic rings. The summed E-state index contributed by atoms with van der Waals surface area (Å²) >= 11 is 3.43. The van der Waals surface area contributed by atoms with E-state index in [2.05, 4.69) is 15.9 Å². The fourth-order valence-corrected chi connectivity index (χ4v) is 2.32. The van der Waals surface area contributed by atoms with Crippen molar-refractivity contribution in [1.82, 2.24) is 0 Å². The molecule has 112 valence electrons. The number of hydrogen-bond donors (Lipinski definition) is 2. The highest BCUT2D eigenvalue weighted by molar-refractivity contribution is 9.10. The van der Waals surface area contributed by atoms with E-state index in [1.165, 1.54) is 0 Å². The highest BCUT2D eigenvalue weighted by atomic mass is 79.9. The fourth-order valence-electron chi connectivity index (χ4n) is 1.71. The monoisotopic (exact) mass is 351 g/mol. The van der Waals surface area contributed by atoms with E-state index >= 15 is 0 Å². The third-order valence-electron chi connectivity index (χ3n) is 2.84. The molecular formula is C16H18BrNO3. The first-order valence-corrected chi connectivity index (χ1v) is 7.39. The van der Waals surface area contributed by atoms with E-state index in [9.17, 15) is 5.11 Å². The van der Waals surface area contributed by atoms with Gasteiger partial charge in [-0.05, 0) is 64.8 Å². The molecule has 0 saturated carbocycles. The van der Waals surface area contributed by atoms with Crippen LogP contribution in [-0.4, -0.2) is 24.4 Å². The Morgan fingerprint density at radius 3 is 2.43 bits per heavy atom. The molecule has 0 bridgehead atoms. The predicted molar refractivity (Wildman–Crippen MR) is 86.7 cm³/mol. The molecule has 0 amide bonds. The summed E-state index contributed by atoms with van der Waals surface area (Å²) in [5.74, 6) is 1.37. The Balaban J connectivity index is 1.79. The van der Waals surface area contributed by atoms with Crippen LogP contribution in [0.25, 0.3) is 0 Å². The molecule has 0 radical (unpaired) electrons. The van der Waals surface area contributed by atoms with Gasteiger partial charge < -0.3 is 20.3 Å². The van der Waals surface area contributed by atoms with Crippen LogP contribution in [0.15, 0.2) is 46.9 Å². The third kappa shape index (κ3) is 4.95. The van der Waals surface area contributed by atoms with Crippen molar-refractivity contribution in [1.29, 1.82) is 0 Å². The van der Waals surface area contributed by atoms with E-state index in [4.69, 9.17) is 15.2 Å². The largest absolute Gasteiger partial charge is 0.491 e. The molecule has 0 aliphatic carbocycles. The van der Waals surface area contributed by atoms with Crippen LogP contribution in [0.4, 0.5) is 5.69 Å². The van der Waals surface area contributed by atoms with Crippen LogP contribution >= 0.6 is 15.9 Å². The molecular weight excluding hydrogens is 334 g/mol. The lowest BCUT2D eigenvalue weighted by atomic mass is 10.2. The van der Waals surface area contributed by atoms with Crippen molar-refractivity contribution < 1.29 is 14.6 Å². The smallest absolute Gasteiger partial charge is 0.133 e. The van der Waals surface area contributed by atoms with E-state index in [-0.39, 0.29) is 13.2 Å². The van der Waals surface area contributed by atoms with Gasteiger partial charge in [0.1, 0.15) is 30.8 Å². The number of hydrogen-bond acceptors (Lipinski definition) is 4. The second-order valence-electron chi connectivity index (χ2n) is 4.78. The van der Waals surface area contributed by atoms with Crippen molar-refractivity contribution in [3.63, 3.8) is 0 Å². The second-order valence-corrected chi connectivity index (χ2v) is 5.63. The van der Waals surface area contributed by atoms with Gasteiger partial charge in [-0.2, -0.15) is 0 Å². The molecule has 0 spiro atoms. The Bertz CT molecular complexity index is 587. The van der Waals surface area contributed by atoms with E-state index < -0.39 is 6.10 Å². The summed E-state index contributed by atoms with van der Waals surface area (Å²) in [5, 5.41) is 9.88. The van der Waals surface area contributed by atoms with Crippen molar-refractivity contribution in [2.75, 3.05) is 18.9 Å². The van der Waals surface area contributed by atoms with Crippen LogP contribution in [0.2, 0.25) is 0 Å². The minimum Gasteiger partial charge on any atom is -0.491 e. The Hall–Kier alpha value is -1.72. The molecule has 1 unspecified atom stereocenters. The molecule has 0 saturated heterocycles. The third-order valence-corrected chi connectivity index (χ3v) is 3.46. The lowest BCUT2D eigenvalue weighted by molar-refractivity contribution is 0.0624. The zero-order valence-electron chi connectivity index (χ0n) is 11.8. The quantitative estimate of drug-likeness (QED) is 0.784. The molecule has 2 aromatic carbocycles. The van der Waals surface area contributed by atoms with E-state index in [1.54, 1.807) is 24.3 Å². The molecule has 5 heteroatoms. The molecule has 1 atom stereocenters. The molecule has 0 aliphatic heterocycles. The standard InChI is InChI=1S/C16H18BrNO3/c1-11-2-7-16(15(17)8-11)21-10-13(19)9-20-14-5-3-12(18)4-6-14/h2-8,13,19H,9-10,18H2,1H3. The van der Waals surface area contributed by atoms with Gasteiger partial charge in [0.25, 0.3) is 0 Å². The van der Waals surface area contributed by atoms with Gasteiger partial charge in [0.2, 0.25) is 0 Å². The molecule has 3 N–H and O–H groups in total. The van der Waals surface area contributed by atoms with Crippen molar-refractivity contribution in [2.45, 2.75) is 13.0 Å². The summed E-state index contributed by atoms with van der Waals surface area (Å²) in [5.41, 5.74) is 7.41. The van der Waals surface area contributed by atoms with Crippen LogP contribution in [0.5, 0.6) is 11.5 Å². The van der Waals surface area contributed by atoms with Gasteiger partial charge >= 0.3 is 0 Å². The first-order valence-electron chi connectivity index (χ1n) is 6.60. The van der Waals surface area contributed by atoms with Crippen LogP contribution in [0, 0.1) is 6.92 Å². The SMILES string of the molecule is Cc1ccc(OCC(O)COc2ccc(N)cc2)c(Br)c1. The highest BCUT2D eigenvalue weighted by Gasteiger charge is 2.08. The lowest BCUT2D eigenvalue weighted by Crippen LogP contribution is -2.25. The molecule has 0 fully saturated rings. The van der Waals surface area contributed by atoms with Gasteiger partial charge in [0, 0.05) is 5.69 Å². The normalized spacial score (nSPS) is 12.0. The summed E-state index contributed by atoms with van der Waals surface area (Å²) in [7, 11) is 0. The average molecular weight is 352 g/mol. The van der Waals surface area contributed by atoms with Crippen LogP contribution in [0.3, 0.4) is 0 Å². The number of rotatable bonds is 6. The maximum absolute atomic E-state index is 9.88. The summed E-state index contributed by atoms with van der Waals surface area (Å²) in [4.78, 5) is 0. The fraction of sp³-hybridized carbons (Fsp3) is 0.250. The first kappa shape index (κ1) is 15.7. The second kappa shape index (κ2) is 7.33.